The number of carboxylic acid groups (broad SMARTS) is 1. The van der Waals surface area contributed by atoms with Crippen LogP contribution in [0.1, 0.15) is 10.4 Å². The van der Waals surface area contributed by atoms with E-state index in [0.29, 0.717) is 10.2 Å². The van der Waals surface area contributed by atoms with E-state index in [1.165, 1.54) is 12.1 Å². The Kier molecular flexibility index (Phi) is 4.70. The minimum Gasteiger partial charge on any atom is -0.480 e. The van der Waals surface area contributed by atoms with Crippen LogP contribution in [0.3, 0.4) is 0 Å². The first kappa shape index (κ1) is 15.2. The standard InChI is InChI=1S/C15H11BrFNO3/c16-10-6-7-13(17)12(8-10)15(21)18(9-14(19)20)11-4-2-1-3-5-11/h1-8H,9H2,(H,19,20). The number of aliphatic carboxylic acids is 1. The molecule has 108 valence electrons. The van der Waals surface area contributed by atoms with Crippen molar-refractivity contribution in [3.05, 3.63) is 64.4 Å². The monoisotopic (exact) mass is 351 g/mol. The molecule has 0 spiro atoms. The van der Waals surface area contributed by atoms with Crippen molar-refractivity contribution >= 4 is 33.5 Å². The lowest BCUT2D eigenvalue weighted by Gasteiger charge is -2.21. The summed E-state index contributed by atoms with van der Waals surface area (Å²) in [5, 5.41) is 8.97. The molecule has 0 saturated heterocycles. The smallest absolute Gasteiger partial charge is 0.323 e. The van der Waals surface area contributed by atoms with E-state index < -0.39 is 24.2 Å². The molecule has 0 fully saturated rings. The predicted molar refractivity (Wildman–Crippen MR) is 79.9 cm³/mol. The quantitative estimate of drug-likeness (QED) is 0.919. The SMILES string of the molecule is O=C(O)CN(C(=O)c1cc(Br)ccc1F)c1ccccc1. The number of amides is 1. The van der Waals surface area contributed by atoms with Gasteiger partial charge in [-0.2, -0.15) is 0 Å². The third kappa shape index (κ3) is 3.66. The summed E-state index contributed by atoms with van der Waals surface area (Å²) in [6.45, 7) is -0.547. The number of halogens is 2. The molecule has 1 N–H and O–H groups in total. The second-order valence-electron chi connectivity index (χ2n) is 4.24. The minimum absolute atomic E-state index is 0.186. The van der Waals surface area contributed by atoms with Gasteiger partial charge in [0.15, 0.2) is 0 Å². The molecule has 0 unspecified atom stereocenters. The number of hydrogen-bond acceptors (Lipinski definition) is 2. The fourth-order valence-corrected chi connectivity index (χ4v) is 2.19. The average Bonchev–Trinajstić information content (AvgIpc) is 2.47. The van der Waals surface area contributed by atoms with Crippen LogP contribution in [0.4, 0.5) is 10.1 Å². The van der Waals surface area contributed by atoms with Crippen LogP contribution < -0.4 is 4.90 Å². The summed E-state index contributed by atoms with van der Waals surface area (Å²) >= 11 is 3.17. The number of anilines is 1. The van der Waals surface area contributed by atoms with Gasteiger partial charge in [0.1, 0.15) is 12.4 Å². The molecule has 0 heterocycles. The van der Waals surface area contributed by atoms with Gasteiger partial charge in [0, 0.05) is 10.2 Å². The van der Waals surface area contributed by atoms with Crippen LogP contribution in [0.25, 0.3) is 0 Å². The molecule has 0 aromatic heterocycles. The zero-order valence-corrected chi connectivity index (χ0v) is 12.4. The van der Waals surface area contributed by atoms with Crippen LogP contribution in [-0.4, -0.2) is 23.5 Å². The van der Waals surface area contributed by atoms with Crippen molar-refractivity contribution in [3.8, 4) is 0 Å². The number of carboxylic acids is 1. The number of hydrogen-bond donors (Lipinski definition) is 1. The Labute approximate surface area is 128 Å². The first-order valence-electron chi connectivity index (χ1n) is 6.03. The number of nitrogens with zero attached hydrogens (tertiary/aromatic N) is 1. The number of rotatable bonds is 4. The molecule has 2 aromatic rings. The molecule has 0 bridgehead atoms. The summed E-state index contributed by atoms with van der Waals surface area (Å²) in [6.07, 6.45) is 0. The highest BCUT2D eigenvalue weighted by atomic mass is 79.9. The molecule has 0 aliphatic heterocycles. The highest BCUT2D eigenvalue weighted by Gasteiger charge is 2.23. The van der Waals surface area contributed by atoms with Crippen molar-refractivity contribution in [2.45, 2.75) is 0 Å². The maximum absolute atomic E-state index is 13.8. The lowest BCUT2D eigenvalue weighted by molar-refractivity contribution is -0.135. The maximum atomic E-state index is 13.8. The topological polar surface area (TPSA) is 57.6 Å². The molecule has 2 rings (SSSR count). The van der Waals surface area contributed by atoms with E-state index in [-0.39, 0.29) is 5.56 Å². The van der Waals surface area contributed by atoms with Crippen molar-refractivity contribution in [2.24, 2.45) is 0 Å². The van der Waals surface area contributed by atoms with Crippen molar-refractivity contribution < 1.29 is 19.1 Å². The summed E-state index contributed by atoms with van der Waals surface area (Å²) in [7, 11) is 0. The normalized spacial score (nSPS) is 10.2. The minimum atomic E-state index is -1.18. The average molecular weight is 352 g/mol. The van der Waals surface area contributed by atoms with E-state index in [0.717, 1.165) is 11.0 Å². The predicted octanol–water partition coefficient (Wildman–Crippen LogP) is 3.32. The zero-order chi connectivity index (χ0) is 15.4. The van der Waals surface area contributed by atoms with Gasteiger partial charge in [0.25, 0.3) is 5.91 Å². The highest BCUT2D eigenvalue weighted by molar-refractivity contribution is 9.10. The van der Waals surface area contributed by atoms with Crippen molar-refractivity contribution in [3.63, 3.8) is 0 Å². The summed E-state index contributed by atoms with van der Waals surface area (Å²) in [6, 6.07) is 12.2. The zero-order valence-electron chi connectivity index (χ0n) is 10.8. The molecule has 2 aromatic carbocycles. The van der Waals surface area contributed by atoms with E-state index in [2.05, 4.69) is 15.9 Å². The number of para-hydroxylation sites is 1. The number of carbonyl (C=O) groups excluding carboxylic acids is 1. The van der Waals surface area contributed by atoms with E-state index in [4.69, 9.17) is 5.11 Å². The third-order valence-corrected chi connectivity index (χ3v) is 3.26. The fraction of sp³-hybridized carbons (Fsp3) is 0.0667. The van der Waals surface area contributed by atoms with Gasteiger partial charge < -0.3 is 5.11 Å². The van der Waals surface area contributed by atoms with Gasteiger partial charge in [-0.15, -0.1) is 0 Å². The van der Waals surface area contributed by atoms with Crippen LogP contribution in [0, 0.1) is 5.82 Å². The fourth-order valence-electron chi connectivity index (χ4n) is 1.83. The van der Waals surface area contributed by atoms with Crippen LogP contribution in [0.2, 0.25) is 0 Å². The molecule has 6 heteroatoms. The molecule has 0 aliphatic carbocycles. The molecular formula is C15H11BrFNO3. The second kappa shape index (κ2) is 6.49. The Morgan fingerprint density at radius 3 is 2.43 bits per heavy atom. The summed E-state index contributed by atoms with van der Waals surface area (Å²) in [5.41, 5.74) is 0.207. The van der Waals surface area contributed by atoms with Crippen molar-refractivity contribution in [1.82, 2.24) is 0 Å². The van der Waals surface area contributed by atoms with Gasteiger partial charge in [0.2, 0.25) is 0 Å². The number of carbonyl (C=O) groups is 2. The highest BCUT2D eigenvalue weighted by Crippen LogP contribution is 2.21. The molecule has 0 saturated carbocycles. The van der Waals surface area contributed by atoms with E-state index in [9.17, 15) is 14.0 Å². The van der Waals surface area contributed by atoms with Crippen LogP contribution in [-0.2, 0) is 4.79 Å². The molecular weight excluding hydrogens is 341 g/mol. The van der Waals surface area contributed by atoms with Crippen molar-refractivity contribution in [2.75, 3.05) is 11.4 Å². The Bertz CT molecular complexity index is 676. The molecule has 21 heavy (non-hydrogen) atoms. The lowest BCUT2D eigenvalue weighted by Crippen LogP contribution is -2.36. The van der Waals surface area contributed by atoms with E-state index >= 15 is 0 Å². The van der Waals surface area contributed by atoms with Gasteiger partial charge in [-0.05, 0) is 30.3 Å². The molecule has 4 nitrogen and oxygen atoms in total. The van der Waals surface area contributed by atoms with Crippen molar-refractivity contribution in [1.29, 1.82) is 0 Å². The Hall–Kier alpha value is -2.21. The van der Waals surface area contributed by atoms with Crippen LogP contribution >= 0.6 is 15.9 Å². The summed E-state index contributed by atoms with van der Waals surface area (Å²) < 4.78 is 14.4. The molecule has 0 atom stereocenters. The van der Waals surface area contributed by atoms with Gasteiger partial charge in [-0.25, -0.2) is 4.39 Å². The van der Waals surface area contributed by atoms with Gasteiger partial charge in [0.05, 0.1) is 5.56 Å². The first-order chi connectivity index (χ1) is 9.99. The molecule has 1 amide bonds. The Morgan fingerprint density at radius 2 is 1.81 bits per heavy atom. The van der Waals surface area contributed by atoms with Crippen LogP contribution in [0.15, 0.2) is 53.0 Å². The molecule has 0 radical (unpaired) electrons. The second-order valence-corrected chi connectivity index (χ2v) is 5.16. The number of benzene rings is 2. The maximum Gasteiger partial charge on any atom is 0.323 e. The van der Waals surface area contributed by atoms with Gasteiger partial charge in [-0.3, -0.25) is 14.5 Å². The molecule has 0 aliphatic rings. The van der Waals surface area contributed by atoms with Gasteiger partial charge >= 0.3 is 5.97 Å². The Morgan fingerprint density at radius 1 is 1.14 bits per heavy atom. The van der Waals surface area contributed by atoms with Gasteiger partial charge in [-0.1, -0.05) is 34.1 Å². The lowest BCUT2D eigenvalue weighted by atomic mass is 10.1. The largest absolute Gasteiger partial charge is 0.480 e. The Balaban J connectivity index is 2.43. The first-order valence-corrected chi connectivity index (χ1v) is 6.82. The van der Waals surface area contributed by atoms with Crippen LogP contribution in [0.5, 0.6) is 0 Å². The van der Waals surface area contributed by atoms with E-state index in [1.54, 1.807) is 30.3 Å². The third-order valence-electron chi connectivity index (χ3n) is 2.77. The van der Waals surface area contributed by atoms with E-state index in [1.807, 2.05) is 0 Å². The summed E-state index contributed by atoms with van der Waals surface area (Å²) in [5.74, 6) is -2.58. The summed E-state index contributed by atoms with van der Waals surface area (Å²) in [4.78, 5) is 24.5.